The fraction of sp³-hybridized carbons (Fsp3) is 0.167. The Hall–Kier alpha value is -1.41. The molecule has 4 aromatic rings. The second kappa shape index (κ2) is 12.1. The van der Waals surface area contributed by atoms with E-state index < -0.39 is 0 Å². The second-order valence-electron chi connectivity index (χ2n) is 6.32. The molecule has 4 aromatic carbocycles. The third-order valence-corrected chi connectivity index (χ3v) is 3.52. The summed E-state index contributed by atoms with van der Waals surface area (Å²) in [7, 11) is 0. The molecule has 0 aromatic heterocycles. The smallest absolute Gasteiger partial charge is 0.0579 e. The summed E-state index contributed by atoms with van der Waals surface area (Å²) in [6, 6.07) is 25.7. The van der Waals surface area contributed by atoms with Crippen LogP contribution in [0.4, 0.5) is 0 Å². The molecule has 0 heterocycles. The van der Waals surface area contributed by atoms with Gasteiger partial charge in [0.2, 0.25) is 0 Å². The predicted octanol–water partition coefficient (Wildman–Crippen LogP) is 7.42. The van der Waals surface area contributed by atoms with Crippen LogP contribution in [-0.4, -0.2) is 6.19 Å². The predicted molar refractivity (Wildman–Crippen MR) is 119 cm³/mol. The van der Waals surface area contributed by atoms with Crippen molar-refractivity contribution in [2.75, 3.05) is 0 Å². The summed E-state index contributed by atoms with van der Waals surface area (Å²) in [4.78, 5) is 0. The average molecular weight is 394 g/mol. The van der Waals surface area contributed by atoms with E-state index in [1.165, 1.54) is 32.7 Å². The van der Waals surface area contributed by atoms with Crippen LogP contribution in [0.15, 0.2) is 72.8 Å². The molecular formula is C24H30SiTi-4. The SMILES string of the molecule is C[Si](C)=[Ti].Cc1cc2ccccc2[cH-]1.Cc1cc2ccccc2[cH-]1.[CH3-].[CH3-]. The largest absolute Gasteiger partial charge is 0.358 e. The summed E-state index contributed by atoms with van der Waals surface area (Å²) in [6.45, 7) is 8.79. The monoisotopic (exact) mass is 394 g/mol. The Kier molecular flexibility index (Phi) is 11.4. The molecule has 0 amide bonds. The molecule has 0 aliphatic rings. The molecule has 0 aliphatic heterocycles. The Morgan fingerprint density at radius 3 is 1.31 bits per heavy atom. The molecule has 0 nitrogen and oxygen atoms in total. The molecule has 0 bridgehead atoms. The van der Waals surface area contributed by atoms with Crippen molar-refractivity contribution in [2.24, 2.45) is 0 Å². The molecule has 138 valence electrons. The topological polar surface area (TPSA) is 0 Å². The van der Waals surface area contributed by atoms with Crippen molar-refractivity contribution in [1.82, 2.24) is 0 Å². The summed E-state index contributed by atoms with van der Waals surface area (Å²) in [5.41, 5.74) is 2.70. The van der Waals surface area contributed by atoms with Crippen LogP contribution in [-0.2, 0) is 19.2 Å². The van der Waals surface area contributed by atoms with Gasteiger partial charge in [0.25, 0.3) is 0 Å². The van der Waals surface area contributed by atoms with Crippen molar-refractivity contribution in [3.05, 3.63) is 98.8 Å². The van der Waals surface area contributed by atoms with Crippen molar-refractivity contribution in [3.8, 4) is 0 Å². The number of benzene rings is 2. The van der Waals surface area contributed by atoms with Crippen LogP contribution in [0.5, 0.6) is 0 Å². The molecule has 2 heteroatoms. The van der Waals surface area contributed by atoms with E-state index >= 15 is 0 Å². The summed E-state index contributed by atoms with van der Waals surface area (Å²) in [5, 5.41) is 5.39. The summed E-state index contributed by atoms with van der Waals surface area (Å²) in [5.74, 6) is 0. The maximum absolute atomic E-state index is 2.27. The molecular weight excluding hydrogens is 364 g/mol. The Morgan fingerprint density at radius 1 is 0.692 bits per heavy atom. The molecule has 0 radical (unpaired) electrons. The van der Waals surface area contributed by atoms with E-state index in [1.807, 2.05) is 0 Å². The Balaban J connectivity index is 0.000000378. The van der Waals surface area contributed by atoms with Crippen LogP contribution < -0.4 is 0 Å². The fourth-order valence-electron chi connectivity index (χ4n) is 2.61. The van der Waals surface area contributed by atoms with Crippen LogP contribution in [0.25, 0.3) is 21.5 Å². The Labute approximate surface area is 172 Å². The molecule has 0 spiro atoms. The molecule has 0 unspecified atom stereocenters. The van der Waals surface area contributed by atoms with Gasteiger partial charge in [-0.3, -0.25) is 0 Å². The first-order valence-electron chi connectivity index (χ1n) is 8.21. The molecule has 0 saturated carbocycles. The molecule has 26 heavy (non-hydrogen) atoms. The number of hydrogen-bond acceptors (Lipinski definition) is 0. The van der Waals surface area contributed by atoms with Crippen LogP contribution >= 0.6 is 0 Å². The van der Waals surface area contributed by atoms with Gasteiger partial charge in [0, 0.05) is 0 Å². The van der Waals surface area contributed by atoms with Gasteiger partial charge in [-0.2, -0.15) is 12.1 Å². The van der Waals surface area contributed by atoms with Crippen molar-refractivity contribution < 1.29 is 19.2 Å². The first-order chi connectivity index (χ1) is 11.5. The molecule has 0 aliphatic carbocycles. The normalized spacial score (nSPS) is 9.04. The first-order valence-corrected chi connectivity index (χ1v) is 13.1. The fourth-order valence-corrected chi connectivity index (χ4v) is 2.61. The van der Waals surface area contributed by atoms with E-state index in [4.69, 9.17) is 0 Å². The van der Waals surface area contributed by atoms with Crippen molar-refractivity contribution in [1.29, 1.82) is 0 Å². The summed E-state index contributed by atoms with van der Waals surface area (Å²) < 4.78 is 0. The third kappa shape index (κ3) is 7.87. The summed E-state index contributed by atoms with van der Waals surface area (Å²) >= 11 is 2.27. The van der Waals surface area contributed by atoms with Gasteiger partial charge in [-0.25, -0.2) is 0 Å². The van der Waals surface area contributed by atoms with Gasteiger partial charge < -0.3 is 14.9 Å². The minimum atomic E-state index is 0. The molecule has 0 atom stereocenters. The number of aryl methyl sites for hydroxylation is 2. The van der Waals surface area contributed by atoms with Gasteiger partial charge in [-0.05, 0) is 0 Å². The van der Waals surface area contributed by atoms with Gasteiger partial charge in [-0.15, -0.1) is 81.2 Å². The number of fused-ring (bicyclic) bond motifs is 2. The molecule has 0 saturated heterocycles. The van der Waals surface area contributed by atoms with Crippen LogP contribution in [0.1, 0.15) is 11.1 Å². The van der Waals surface area contributed by atoms with Gasteiger partial charge in [0.05, 0.1) is 0 Å². The van der Waals surface area contributed by atoms with Crippen LogP contribution in [0.2, 0.25) is 13.1 Å². The van der Waals surface area contributed by atoms with Gasteiger partial charge >= 0.3 is 38.5 Å². The van der Waals surface area contributed by atoms with E-state index in [0.717, 1.165) is 0 Å². The zero-order chi connectivity index (χ0) is 17.5. The van der Waals surface area contributed by atoms with Gasteiger partial charge in [-0.1, -0.05) is 26.0 Å². The standard InChI is InChI=1S/2C10H9.C2H6Si.2CH3.Ti/c2*1-8-6-9-4-2-3-5-10(9)7-8;1-3-2;;;/h2*2-7H,1H3;1-2H3;2*1H3;/q2*-1;;2*-1;. The zero-order valence-corrected chi connectivity index (χ0v) is 19.5. The van der Waals surface area contributed by atoms with E-state index in [9.17, 15) is 0 Å². The third-order valence-electron chi connectivity index (χ3n) is 3.52. The quantitative estimate of drug-likeness (QED) is 0.215. The second-order valence-corrected chi connectivity index (χ2v) is 13.0. The average Bonchev–Trinajstić information content (AvgIpc) is 3.07. The van der Waals surface area contributed by atoms with E-state index in [2.05, 4.69) is 119 Å². The van der Waals surface area contributed by atoms with Gasteiger partial charge in [0.15, 0.2) is 0 Å². The molecule has 0 N–H and O–H groups in total. The molecule has 0 fully saturated rings. The maximum Gasteiger partial charge on any atom is -0.0579 e. The minimum absolute atomic E-state index is 0. The maximum atomic E-state index is 2.27. The minimum Gasteiger partial charge on any atom is -0.358 e. The van der Waals surface area contributed by atoms with Crippen molar-refractivity contribution in [2.45, 2.75) is 26.9 Å². The van der Waals surface area contributed by atoms with Crippen molar-refractivity contribution >= 4 is 27.7 Å². The Bertz CT molecular complexity index is 785. The summed E-state index contributed by atoms with van der Waals surface area (Å²) in [6.07, 6.45) is 0.120. The number of rotatable bonds is 0. The number of hydrogen-bond donors (Lipinski definition) is 0. The Morgan fingerprint density at radius 2 is 1.00 bits per heavy atom. The zero-order valence-electron chi connectivity index (χ0n) is 16.9. The van der Waals surface area contributed by atoms with Gasteiger partial charge in [0.1, 0.15) is 0 Å². The van der Waals surface area contributed by atoms with E-state index in [0.29, 0.717) is 0 Å². The molecule has 4 rings (SSSR count). The van der Waals surface area contributed by atoms with Crippen LogP contribution in [0.3, 0.4) is 0 Å². The van der Waals surface area contributed by atoms with Crippen molar-refractivity contribution in [3.63, 3.8) is 0 Å². The van der Waals surface area contributed by atoms with E-state index in [1.54, 1.807) is 0 Å². The first kappa shape index (κ1) is 24.6. The van der Waals surface area contributed by atoms with Crippen LogP contribution in [0, 0.1) is 28.7 Å². The van der Waals surface area contributed by atoms with E-state index in [-0.39, 0.29) is 21.0 Å².